The van der Waals surface area contributed by atoms with Crippen molar-refractivity contribution in [3.8, 4) is 5.75 Å². The SMILES string of the molecule is CC=NCCc1cc(Br)c(O)c(Br)c1. The van der Waals surface area contributed by atoms with E-state index in [9.17, 15) is 5.11 Å². The van der Waals surface area contributed by atoms with Gasteiger partial charge in [-0.2, -0.15) is 0 Å². The van der Waals surface area contributed by atoms with Gasteiger partial charge in [0.25, 0.3) is 0 Å². The Labute approximate surface area is 100 Å². The second-order valence-electron chi connectivity index (χ2n) is 2.82. The summed E-state index contributed by atoms with van der Waals surface area (Å²) < 4.78 is 1.42. The first-order chi connectivity index (χ1) is 6.65. The van der Waals surface area contributed by atoms with Gasteiger partial charge in [-0.15, -0.1) is 0 Å². The van der Waals surface area contributed by atoms with Gasteiger partial charge in [-0.1, -0.05) is 0 Å². The summed E-state index contributed by atoms with van der Waals surface area (Å²) in [5, 5.41) is 9.48. The molecule has 0 unspecified atom stereocenters. The van der Waals surface area contributed by atoms with Gasteiger partial charge in [0.15, 0.2) is 0 Å². The average molecular weight is 321 g/mol. The molecule has 4 heteroatoms. The topological polar surface area (TPSA) is 32.6 Å². The molecular formula is C10H11Br2NO. The highest BCUT2D eigenvalue weighted by molar-refractivity contribution is 9.11. The molecular weight excluding hydrogens is 310 g/mol. The van der Waals surface area contributed by atoms with E-state index in [4.69, 9.17) is 0 Å². The van der Waals surface area contributed by atoms with Gasteiger partial charge in [-0.3, -0.25) is 4.99 Å². The van der Waals surface area contributed by atoms with Gasteiger partial charge >= 0.3 is 0 Å². The summed E-state index contributed by atoms with van der Waals surface area (Å²) >= 11 is 6.57. The summed E-state index contributed by atoms with van der Waals surface area (Å²) in [5.41, 5.74) is 1.15. The number of rotatable bonds is 3. The monoisotopic (exact) mass is 319 g/mol. The second-order valence-corrected chi connectivity index (χ2v) is 4.53. The molecule has 1 N–H and O–H groups in total. The number of benzene rings is 1. The molecule has 0 aromatic heterocycles. The van der Waals surface area contributed by atoms with Crippen LogP contribution in [0, 0.1) is 0 Å². The van der Waals surface area contributed by atoms with E-state index >= 15 is 0 Å². The van der Waals surface area contributed by atoms with Crippen molar-refractivity contribution in [1.29, 1.82) is 0 Å². The van der Waals surface area contributed by atoms with Gasteiger partial charge in [-0.25, -0.2) is 0 Å². The van der Waals surface area contributed by atoms with Crippen LogP contribution >= 0.6 is 31.9 Å². The highest BCUT2D eigenvalue weighted by Gasteiger charge is 2.05. The van der Waals surface area contributed by atoms with Crippen LogP contribution in [0.15, 0.2) is 26.1 Å². The first kappa shape index (κ1) is 11.7. The minimum absolute atomic E-state index is 0.243. The highest BCUT2D eigenvalue weighted by Crippen LogP contribution is 2.33. The van der Waals surface area contributed by atoms with Crippen LogP contribution in [0.4, 0.5) is 0 Å². The fraction of sp³-hybridized carbons (Fsp3) is 0.300. The maximum absolute atomic E-state index is 9.48. The molecule has 1 aromatic rings. The third-order valence-corrected chi connectivity index (χ3v) is 3.00. The maximum Gasteiger partial charge on any atom is 0.143 e. The Morgan fingerprint density at radius 1 is 1.36 bits per heavy atom. The number of halogens is 2. The molecule has 0 saturated carbocycles. The normalized spacial score (nSPS) is 11.1. The van der Waals surface area contributed by atoms with Crippen LogP contribution in [0.1, 0.15) is 12.5 Å². The molecule has 0 radical (unpaired) electrons. The lowest BCUT2D eigenvalue weighted by atomic mass is 10.1. The molecule has 1 rings (SSSR count). The molecule has 0 aliphatic rings. The van der Waals surface area contributed by atoms with Crippen molar-refractivity contribution >= 4 is 38.1 Å². The van der Waals surface area contributed by atoms with Gasteiger partial charge < -0.3 is 5.11 Å². The summed E-state index contributed by atoms with van der Waals surface area (Å²) in [7, 11) is 0. The van der Waals surface area contributed by atoms with Gasteiger partial charge in [-0.05, 0) is 69.1 Å². The highest BCUT2D eigenvalue weighted by atomic mass is 79.9. The van der Waals surface area contributed by atoms with Crippen LogP contribution in [-0.4, -0.2) is 17.9 Å². The predicted octanol–water partition coefficient (Wildman–Crippen LogP) is 3.55. The fourth-order valence-corrected chi connectivity index (χ4v) is 2.37. The molecule has 0 saturated heterocycles. The van der Waals surface area contributed by atoms with E-state index in [0.29, 0.717) is 8.95 Å². The lowest BCUT2D eigenvalue weighted by Gasteiger charge is -2.04. The van der Waals surface area contributed by atoms with Crippen molar-refractivity contribution in [2.75, 3.05) is 6.54 Å². The first-order valence-corrected chi connectivity index (χ1v) is 5.85. The lowest BCUT2D eigenvalue weighted by Crippen LogP contribution is -1.90. The molecule has 0 aliphatic carbocycles. The number of hydrogen-bond acceptors (Lipinski definition) is 2. The summed E-state index contributed by atoms with van der Waals surface area (Å²) in [6.45, 7) is 2.68. The third-order valence-electron chi connectivity index (χ3n) is 1.79. The molecule has 0 spiro atoms. The summed E-state index contributed by atoms with van der Waals surface area (Å²) in [6, 6.07) is 3.82. The van der Waals surface area contributed by atoms with Gasteiger partial charge in [0.2, 0.25) is 0 Å². The third kappa shape index (κ3) is 3.10. The zero-order chi connectivity index (χ0) is 10.6. The largest absolute Gasteiger partial charge is 0.506 e. The lowest BCUT2D eigenvalue weighted by molar-refractivity contribution is 0.468. The van der Waals surface area contributed by atoms with Gasteiger partial charge in [0, 0.05) is 6.54 Å². The van der Waals surface area contributed by atoms with E-state index in [2.05, 4.69) is 36.9 Å². The Balaban J connectivity index is 2.79. The smallest absolute Gasteiger partial charge is 0.143 e. The minimum Gasteiger partial charge on any atom is -0.506 e. The van der Waals surface area contributed by atoms with Crippen molar-refractivity contribution in [2.24, 2.45) is 4.99 Å². The zero-order valence-electron chi connectivity index (χ0n) is 7.80. The molecule has 0 atom stereocenters. The molecule has 0 amide bonds. The van der Waals surface area contributed by atoms with E-state index in [-0.39, 0.29) is 5.75 Å². The van der Waals surface area contributed by atoms with E-state index in [1.165, 1.54) is 0 Å². The summed E-state index contributed by atoms with van der Waals surface area (Å²) in [5.74, 6) is 0.243. The Hall–Kier alpha value is -0.350. The van der Waals surface area contributed by atoms with E-state index in [0.717, 1.165) is 18.5 Å². The Bertz CT molecular complexity index is 327. The minimum atomic E-state index is 0.243. The van der Waals surface area contributed by atoms with Crippen molar-refractivity contribution in [3.63, 3.8) is 0 Å². The Morgan fingerprint density at radius 2 is 1.93 bits per heavy atom. The standard InChI is InChI=1S/C10H11Br2NO/c1-2-13-4-3-7-5-8(11)10(14)9(12)6-7/h2,5-6,14H,3-4H2,1H3. The van der Waals surface area contributed by atoms with E-state index in [1.54, 1.807) is 6.21 Å². The molecule has 14 heavy (non-hydrogen) atoms. The van der Waals surface area contributed by atoms with Crippen LogP contribution < -0.4 is 0 Å². The summed E-state index contributed by atoms with van der Waals surface area (Å²) in [4.78, 5) is 4.13. The van der Waals surface area contributed by atoms with Crippen LogP contribution in [0.25, 0.3) is 0 Å². The number of nitrogens with zero attached hydrogens (tertiary/aromatic N) is 1. The molecule has 1 aromatic carbocycles. The van der Waals surface area contributed by atoms with Crippen LogP contribution in [0.2, 0.25) is 0 Å². The van der Waals surface area contributed by atoms with E-state index < -0.39 is 0 Å². The molecule has 76 valence electrons. The van der Waals surface area contributed by atoms with Crippen molar-refractivity contribution in [3.05, 3.63) is 26.6 Å². The summed E-state index contributed by atoms with van der Waals surface area (Å²) in [6.07, 6.45) is 2.67. The van der Waals surface area contributed by atoms with Crippen LogP contribution in [0.3, 0.4) is 0 Å². The molecule has 0 bridgehead atoms. The molecule has 0 heterocycles. The number of phenols is 1. The van der Waals surface area contributed by atoms with Crippen molar-refractivity contribution < 1.29 is 5.11 Å². The van der Waals surface area contributed by atoms with Crippen molar-refractivity contribution in [1.82, 2.24) is 0 Å². The number of phenolic OH excluding ortho intramolecular Hbond substituents is 1. The number of hydrogen-bond donors (Lipinski definition) is 1. The maximum atomic E-state index is 9.48. The van der Waals surface area contributed by atoms with E-state index in [1.807, 2.05) is 19.1 Å². The molecule has 2 nitrogen and oxygen atoms in total. The Kier molecular flexibility index (Phi) is 4.62. The number of aromatic hydroxyl groups is 1. The fourth-order valence-electron chi connectivity index (χ4n) is 1.09. The average Bonchev–Trinajstić information content (AvgIpc) is 2.14. The Morgan fingerprint density at radius 3 is 2.43 bits per heavy atom. The second kappa shape index (κ2) is 5.51. The quantitative estimate of drug-likeness (QED) is 0.849. The van der Waals surface area contributed by atoms with Crippen LogP contribution in [-0.2, 0) is 6.42 Å². The first-order valence-electron chi connectivity index (χ1n) is 4.26. The van der Waals surface area contributed by atoms with Gasteiger partial charge in [0.1, 0.15) is 5.75 Å². The van der Waals surface area contributed by atoms with Gasteiger partial charge in [0.05, 0.1) is 8.95 Å². The molecule has 0 aliphatic heterocycles. The predicted molar refractivity (Wildman–Crippen MR) is 66.2 cm³/mol. The zero-order valence-corrected chi connectivity index (χ0v) is 11.0. The molecule has 0 fully saturated rings. The van der Waals surface area contributed by atoms with Crippen LogP contribution in [0.5, 0.6) is 5.75 Å². The number of aliphatic imine (C=N–C) groups is 1. The van der Waals surface area contributed by atoms with Crippen molar-refractivity contribution in [2.45, 2.75) is 13.3 Å².